The van der Waals surface area contributed by atoms with Crippen molar-refractivity contribution in [2.24, 2.45) is 5.73 Å². The molecule has 2 rings (SSSR count). The zero-order chi connectivity index (χ0) is 13.0. The van der Waals surface area contributed by atoms with E-state index in [9.17, 15) is 5.11 Å². The lowest BCUT2D eigenvalue weighted by atomic mass is 9.95. The van der Waals surface area contributed by atoms with Crippen LogP contribution < -0.4 is 5.73 Å². The van der Waals surface area contributed by atoms with E-state index >= 15 is 0 Å². The van der Waals surface area contributed by atoms with Gasteiger partial charge in [0.2, 0.25) is 0 Å². The summed E-state index contributed by atoms with van der Waals surface area (Å²) >= 11 is 0. The van der Waals surface area contributed by atoms with E-state index in [1.54, 1.807) is 0 Å². The van der Waals surface area contributed by atoms with Crippen LogP contribution in [0.4, 0.5) is 0 Å². The van der Waals surface area contributed by atoms with E-state index in [-0.39, 0.29) is 12.6 Å². The zero-order valence-corrected chi connectivity index (χ0v) is 11.2. The van der Waals surface area contributed by atoms with Crippen LogP contribution in [0.1, 0.15) is 30.4 Å². The SMILES string of the molecule is Cc1ccc(CN2CCCCC2C(N)CO)cc1. The lowest BCUT2D eigenvalue weighted by Gasteiger charge is -2.38. The largest absolute Gasteiger partial charge is 0.395 e. The smallest absolute Gasteiger partial charge is 0.0597 e. The van der Waals surface area contributed by atoms with E-state index in [1.165, 1.54) is 24.0 Å². The van der Waals surface area contributed by atoms with Gasteiger partial charge in [0.1, 0.15) is 0 Å². The molecule has 0 aliphatic carbocycles. The molecule has 1 aromatic rings. The van der Waals surface area contributed by atoms with Gasteiger partial charge in [0.05, 0.1) is 6.61 Å². The third-order valence-electron chi connectivity index (χ3n) is 3.88. The molecule has 2 unspecified atom stereocenters. The number of benzene rings is 1. The summed E-state index contributed by atoms with van der Waals surface area (Å²) in [5.41, 5.74) is 8.65. The van der Waals surface area contributed by atoms with Crippen molar-refractivity contribution in [3.05, 3.63) is 35.4 Å². The minimum Gasteiger partial charge on any atom is -0.395 e. The van der Waals surface area contributed by atoms with Gasteiger partial charge in [0, 0.05) is 18.6 Å². The zero-order valence-electron chi connectivity index (χ0n) is 11.2. The van der Waals surface area contributed by atoms with E-state index in [4.69, 9.17) is 5.73 Å². The summed E-state index contributed by atoms with van der Waals surface area (Å²) in [7, 11) is 0. The van der Waals surface area contributed by atoms with Gasteiger partial charge in [-0.25, -0.2) is 0 Å². The van der Waals surface area contributed by atoms with Crippen LogP contribution in [0, 0.1) is 6.92 Å². The van der Waals surface area contributed by atoms with Gasteiger partial charge in [0.25, 0.3) is 0 Å². The van der Waals surface area contributed by atoms with Crippen LogP contribution in [0.25, 0.3) is 0 Å². The summed E-state index contributed by atoms with van der Waals surface area (Å²) < 4.78 is 0. The number of piperidine rings is 1. The first-order chi connectivity index (χ1) is 8.70. The predicted molar refractivity (Wildman–Crippen MR) is 74.3 cm³/mol. The molecule has 3 nitrogen and oxygen atoms in total. The van der Waals surface area contributed by atoms with Gasteiger partial charge < -0.3 is 10.8 Å². The average molecular weight is 248 g/mol. The summed E-state index contributed by atoms with van der Waals surface area (Å²) in [5, 5.41) is 9.26. The standard InChI is InChI=1S/C15H24N2O/c1-12-5-7-13(8-6-12)10-17-9-3-2-4-15(17)14(16)11-18/h5-8,14-15,18H,2-4,9-11,16H2,1H3. The van der Waals surface area contributed by atoms with Crippen molar-refractivity contribution in [3.8, 4) is 0 Å². The highest BCUT2D eigenvalue weighted by molar-refractivity contribution is 5.21. The van der Waals surface area contributed by atoms with Gasteiger partial charge in [-0.15, -0.1) is 0 Å². The molecule has 0 spiro atoms. The Labute approximate surface area is 110 Å². The second-order valence-electron chi connectivity index (χ2n) is 5.37. The number of likely N-dealkylation sites (tertiary alicyclic amines) is 1. The van der Waals surface area contributed by atoms with Crippen molar-refractivity contribution in [2.75, 3.05) is 13.2 Å². The Morgan fingerprint density at radius 2 is 2.06 bits per heavy atom. The number of nitrogens with zero attached hydrogens (tertiary/aromatic N) is 1. The molecule has 100 valence electrons. The Kier molecular flexibility index (Phi) is 4.75. The van der Waals surface area contributed by atoms with Crippen LogP contribution in [-0.2, 0) is 6.54 Å². The lowest BCUT2D eigenvalue weighted by Crippen LogP contribution is -2.51. The van der Waals surface area contributed by atoms with E-state index in [0.29, 0.717) is 6.04 Å². The molecule has 1 heterocycles. The average Bonchev–Trinajstić information content (AvgIpc) is 2.41. The molecule has 3 heteroatoms. The quantitative estimate of drug-likeness (QED) is 0.852. The molecule has 0 radical (unpaired) electrons. The molecule has 1 aliphatic heterocycles. The number of rotatable bonds is 4. The van der Waals surface area contributed by atoms with Gasteiger partial charge in [-0.3, -0.25) is 4.90 Å². The second-order valence-corrected chi connectivity index (χ2v) is 5.37. The monoisotopic (exact) mass is 248 g/mol. The Morgan fingerprint density at radius 3 is 2.72 bits per heavy atom. The van der Waals surface area contributed by atoms with Crippen LogP contribution in [0.2, 0.25) is 0 Å². The highest BCUT2D eigenvalue weighted by Gasteiger charge is 2.27. The summed E-state index contributed by atoms with van der Waals surface area (Å²) in [4.78, 5) is 2.43. The maximum atomic E-state index is 9.26. The van der Waals surface area contributed by atoms with Gasteiger partial charge in [0.15, 0.2) is 0 Å². The number of aliphatic hydroxyl groups excluding tert-OH is 1. The Hall–Kier alpha value is -0.900. The fourth-order valence-corrected chi connectivity index (χ4v) is 2.75. The number of nitrogens with two attached hydrogens (primary N) is 1. The van der Waals surface area contributed by atoms with E-state index in [2.05, 4.69) is 36.1 Å². The van der Waals surface area contributed by atoms with E-state index in [0.717, 1.165) is 19.5 Å². The summed E-state index contributed by atoms with van der Waals surface area (Å²) in [6.07, 6.45) is 3.57. The van der Waals surface area contributed by atoms with Crippen LogP contribution in [0.5, 0.6) is 0 Å². The summed E-state index contributed by atoms with van der Waals surface area (Å²) in [6, 6.07) is 8.89. The van der Waals surface area contributed by atoms with Crippen molar-refractivity contribution >= 4 is 0 Å². The van der Waals surface area contributed by atoms with Crippen LogP contribution >= 0.6 is 0 Å². The van der Waals surface area contributed by atoms with Gasteiger partial charge in [-0.05, 0) is 31.9 Å². The fraction of sp³-hybridized carbons (Fsp3) is 0.600. The molecule has 1 fully saturated rings. The molecule has 0 bridgehead atoms. The minimum atomic E-state index is -0.115. The Bertz CT molecular complexity index is 363. The fourth-order valence-electron chi connectivity index (χ4n) is 2.75. The third-order valence-corrected chi connectivity index (χ3v) is 3.88. The van der Waals surface area contributed by atoms with Gasteiger partial charge >= 0.3 is 0 Å². The maximum absolute atomic E-state index is 9.26. The lowest BCUT2D eigenvalue weighted by molar-refractivity contribution is 0.0944. The van der Waals surface area contributed by atoms with Crippen LogP contribution in [-0.4, -0.2) is 35.2 Å². The van der Waals surface area contributed by atoms with Crippen molar-refractivity contribution in [1.82, 2.24) is 4.90 Å². The molecular formula is C15H24N2O. The molecule has 2 atom stereocenters. The van der Waals surface area contributed by atoms with Crippen molar-refractivity contribution in [1.29, 1.82) is 0 Å². The van der Waals surface area contributed by atoms with Crippen molar-refractivity contribution in [2.45, 2.75) is 44.8 Å². The molecule has 1 aliphatic rings. The van der Waals surface area contributed by atoms with Crippen LogP contribution in [0.15, 0.2) is 24.3 Å². The van der Waals surface area contributed by atoms with E-state index < -0.39 is 0 Å². The Balaban J connectivity index is 2.03. The molecule has 1 saturated heterocycles. The molecule has 3 N–H and O–H groups in total. The second kappa shape index (κ2) is 6.32. The predicted octanol–water partition coefficient (Wildman–Crippen LogP) is 1.67. The van der Waals surface area contributed by atoms with Gasteiger partial charge in [-0.2, -0.15) is 0 Å². The number of aryl methyl sites for hydroxylation is 1. The van der Waals surface area contributed by atoms with Crippen molar-refractivity contribution in [3.63, 3.8) is 0 Å². The highest BCUT2D eigenvalue weighted by Crippen LogP contribution is 2.21. The number of hydrogen-bond donors (Lipinski definition) is 2. The number of hydrogen-bond acceptors (Lipinski definition) is 3. The van der Waals surface area contributed by atoms with Crippen LogP contribution in [0.3, 0.4) is 0 Å². The topological polar surface area (TPSA) is 49.5 Å². The molecule has 0 amide bonds. The van der Waals surface area contributed by atoms with Gasteiger partial charge in [-0.1, -0.05) is 36.2 Å². The summed E-state index contributed by atoms with van der Waals surface area (Å²) in [6.45, 7) is 4.22. The highest BCUT2D eigenvalue weighted by atomic mass is 16.3. The first-order valence-electron chi connectivity index (χ1n) is 6.86. The Morgan fingerprint density at radius 1 is 1.33 bits per heavy atom. The molecular weight excluding hydrogens is 224 g/mol. The first kappa shape index (κ1) is 13.5. The molecule has 18 heavy (non-hydrogen) atoms. The minimum absolute atomic E-state index is 0.0784. The number of aliphatic hydroxyl groups is 1. The maximum Gasteiger partial charge on any atom is 0.0597 e. The third kappa shape index (κ3) is 3.31. The molecule has 1 aromatic carbocycles. The summed E-state index contributed by atoms with van der Waals surface area (Å²) in [5.74, 6) is 0. The first-order valence-corrected chi connectivity index (χ1v) is 6.86. The normalized spacial score (nSPS) is 22.9. The molecule has 0 saturated carbocycles. The van der Waals surface area contributed by atoms with E-state index in [1.807, 2.05) is 0 Å². The van der Waals surface area contributed by atoms with Crippen molar-refractivity contribution < 1.29 is 5.11 Å². The molecule has 0 aromatic heterocycles.